The molecule has 1 aromatic carbocycles. The molecular formula is C17H27NO4S. The molecule has 1 unspecified atom stereocenters. The van der Waals surface area contributed by atoms with Crippen molar-refractivity contribution in [1.82, 2.24) is 4.31 Å². The quantitative estimate of drug-likeness (QED) is 0.796. The van der Waals surface area contributed by atoms with Gasteiger partial charge in [0.25, 0.3) is 0 Å². The molecule has 1 aromatic rings. The van der Waals surface area contributed by atoms with Gasteiger partial charge in [0.1, 0.15) is 16.4 Å². The van der Waals surface area contributed by atoms with Gasteiger partial charge in [-0.05, 0) is 52.2 Å². The van der Waals surface area contributed by atoms with E-state index in [4.69, 9.17) is 9.47 Å². The van der Waals surface area contributed by atoms with Gasteiger partial charge in [-0.2, -0.15) is 4.31 Å². The lowest BCUT2D eigenvalue weighted by Crippen LogP contribution is -2.42. The molecule has 0 radical (unpaired) electrons. The second-order valence-electron chi connectivity index (χ2n) is 5.89. The molecule has 0 spiro atoms. The third-order valence-corrected chi connectivity index (χ3v) is 6.20. The normalized spacial score (nSPS) is 19.6. The highest BCUT2D eigenvalue weighted by Gasteiger charge is 2.33. The summed E-state index contributed by atoms with van der Waals surface area (Å²) in [5.74, 6) is 1.01. The number of nitrogens with zero attached hydrogens (tertiary/aromatic N) is 1. The van der Waals surface area contributed by atoms with E-state index in [1.165, 1.54) is 0 Å². The zero-order valence-electron chi connectivity index (χ0n) is 14.5. The Labute approximate surface area is 139 Å². The zero-order valence-corrected chi connectivity index (χ0v) is 15.3. The van der Waals surface area contributed by atoms with E-state index in [-0.39, 0.29) is 10.9 Å². The molecule has 1 fully saturated rings. The minimum atomic E-state index is -3.59. The molecule has 1 saturated heterocycles. The van der Waals surface area contributed by atoms with Crippen LogP contribution in [0, 0.1) is 6.92 Å². The van der Waals surface area contributed by atoms with Gasteiger partial charge in [0, 0.05) is 18.7 Å². The molecule has 23 heavy (non-hydrogen) atoms. The lowest BCUT2D eigenvalue weighted by Gasteiger charge is -2.32. The first kappa shape index (κ1) is 18.1. The van der Waals surface area contributed by atoms with E-state index in [1.54, 1.807) is 16.4 Å². The van der Waals surface area contributed by atoms with Crippen LogP contribution in [-0.4, -0.2) is 38.5 Å². The number of hydrogen-bond donors (Lipinski definition) is 0. The third kappa shape index (κ3) is 3.80. The summed E-state index contributed by atoms with van der Waals surface area (Å²) in [7, 11) is -3.59. The molecule has 0 N–H and O–H groups in total. The van der Waals surface area contributed by atoms with E-state index in [2.05, 4.69) is 0 Å². The molecule has 1 aliphatic rings. The lowest BCUT2D eigenvalue weighted by atomic mass is 10.1. The molecular weight excluding hydrogens is 314 g/mol. The van der Waals surface area contributed by atoms with Gasteiger partial charge in [-0.1, -0.05) is 6.42 Å². The average Bonchev–Trinajstić information content (AvgIpc) is 2.50. The van der Waals surface area contributed by atoms with E-state index in [9.17, 15) is 8.42 Å². The maximum Gasteiger partial charge on any atom is 0.247 e. The summed E-state index contributed by atoms with van der Waals surface area (Å²) < 4.78 is 39.1. The highest BCUT2D eigenvalue weighted by atomic mass is 32.2. The lowest BCUT2D eigenvalue weighted by molar-refractivity contribution is 0.266. The van der Waals surface area contributed by atoms with E-state index in [0.717, 1.165) is 24.8 Å². The van der Waals surface area contributed by atoms with Gasteiger partial charge in [0.15, 0.2) is 0 Å². The Bertz CT molecular complexity index is 642. The van der Waals surface area contributed by atoms with E-state index in [1.807, 2.05) is 27.7 Å². The Morgan fingerprint density at radius 1 is 1.13 bits per heavy atom. The van der Waals surface area contributed by atoms with Gasteiger partial charge in [-0.3, -0.25) is 0 Å². The molecule has 0 saturated carbocycles. The largest absolute Gasteiger partial charge is 0.494 e. The van der Waals surface area contributed by atoms with Crippen LogP contribution in [0.3, 0.4) is 0 Å². The standard InChI is InChI=1S/C17H27NO4S/c1-5-21-15-12-17(16(22-6-2)11-13(15)3)23(19,20)18-10-8-7-9-14(18)4/h11-12,14H,5-10H2,1-4H3. The number of ether oxygens (including phenoxy) is 2. The molecule has 1 atom stereocenters. The molecule has 1 aliphatic heterocycles. The van der Waals surface area contributed by atoms with Crippen LogP contribution >= 0.6 is 0 Å². The highest BCUT2D eigenvalue weighted by Crippen LogP contribution is 2.35. The van der Waals surface area contributed by atoms with E-state index >= 15 is 0 Å². The predicted molar refractivity (Wildman–Crippen MR) is 90.7 cm³/mol. The first-order valence-corrected chi connectivity index (χ1v) is 9.77. The van der Waals surface area contributed by atoms with Gasteiger partial charge < -0.3 is 9.47 Å². The van der Waals surface area contributed by atoms with Gasteiger partial charge in [-0.15, -0.1) is 0 Å². The maximum atomic E-state index is 13.2. The van der Waals surface area contributed by atoms with Crippen molar-refractivity contribution in [2.75, 3.05) is 19.8 Å². The van der Waals surface area contributed by atoms with Crippen LogP contribution < -0.4 is 9.47 Å². The number of hydrogen-bond acceptors (Lipinski definition) is 4. The molecule has 2 rings (SSSR count). The van der Waals surface area contributed by atoms with Crippen molar-refractivity contribution in [1.29, 1.82) is 0 Å². The first-order chi connectivity index (χ1) is 10.9. The molecule has 0 aliphatic carbocycles. The van der Waals surface area contributed by atoms with Crippen molar-refractivity contribution >= 4 is 10.0 Å². The Balaban J connectivity index is 2.51. The van der Waals surface area contributed by atoms with Crippen LogP contribution in [-0.2, 0) is 10.0 Å². The fourth-order valence-corrected chi connectivity index (χ4v) is 4.81. The van der Waals surface area contributed by atoms with Crippen molar-refractivity contribution < 1.29 is 17.9 Å². The summed E-state index contributed by atoms with van der Waals surface area (Å²) in [6.45, 7) is 9.08. The van der Waals surface area contributed by atoms with Crippen LogP contribution in [0.5, 0.6) is 11.5 Å². The molecule has 1 heterocycles. The summed E-state index contributed by atoms with van der Waals surface area (Å²) in [5.41, 5.74) is 0.876. The number of rotatable bonds is 6. The number of piperidine rings is 1. The minimum absolute atomic E-state index is 0.0140. The van der Waals surface area contributed by atoms with Crippen molar-refractivity contribution in [3.05, 3.63) is 17.7 Å². The average molecular weight is 341 g/mol. The van der Waals surface area contributed by atoms with Crippen LogP contribution in [0.15, 0.2) is 17.0 Å². The molecule has 5 nitrogen and oxygen atoms in total. The van der Waals surface area contributed by atoms with Crippen LogP contribution in [0.1, 0.15) is 45.6 Å². The number of benzene rings is 1. The first-order valence-electron chi connectivity index (χ1n) is 8.33. The second-order valence-corrected chi connectivity index (χ2v) is 7.75. The summed E-state index contributed by atoms with van der Waals surface area (Å²) in [6.07, 6.45) is 2.87. The Kier molecular flexibility index (Phi) is 5.92. The van der Waals surface area contributed by atoms with Crippen molar-refractivity contribution in [2.45, 2.75) is 57.9 Å². The fraction of sp³-hybridized carbons (Fsp3) is 0.647. The van der Waals surface area contributed by atoms with Gasteiger partial charge >= 0.3 is 0 Å². The van der Waals surface area contributed by atoms with Crippen molar-refractivity contribution in [3.8, 4) is 11.5 Å². The molecule has 0 amide bonds. The molecule has 6 heteroatoms. The number of sulfonamides is 1. The zero-order chi connectivity index (χ0) is 17.0. The molecule has 0 bridgehead atoms. The maximum absolute atomic E-state index is 13.2. The van der Waals surface area contributed by atoms with Crippen molar-refractivity contribution in [3.63, 3.8) is 0 Å². The Morgan fingerprint density at radius 3 is 2.39 bits per heavy atom. The second kappa shape index (κ2) is 7.53. The summed E-state index contributed by atoms with van der Waals surface area (Å²) >= 11 is 0. The summed E-state index contributed by atoms with van der Waals surface area (Å²) in [5, 5.41) is 0. The Morgan fingerprint density at radius 2 is 1.78 bits per heavy atom. The van der Waals surface area contributed by atoms with Gasteiger partial charge in [-0.25, -0.2) is 8.42 Å². The summed E-state index contributed by atoms with van der Waals surface area (Å²) in [6, 6.07) is 3.39. The van der Waals surface area contributed by atoms with E-state index in [0.29, 0.717) is 31.3 Å². The minimum Gasteiger partial charge on any atom is -0.494 e. The predicted octanol–water partition coefficient (Wildman–Crippen LogP) is 3.36. The highest BCUT2D eigenvalue weighted by molar-refractivity contribution is 7.89. The fourth-order valence-electron chi connectivity index (χ4n) is 2.98. The summed E-state index contributed by atoms with van der Waals surface area (Å²) in [4.78, 5) is 0.210. The molecule has 0 aromatic heterocycles. The van der Waals surface area contributed by atoms with Crippen LogP contribution in [0.4, 0.5) is 0 Å². The van der Waals surface area contributed by atoms with Crippen LogP contribution in [0.2, 0.25) is 0 Å². The Hall–Kier alpha value is -1.27. The van der Waals surface area contributed by atoms with E-state index < -0.39 is 10.0 Å². The smallest absolute Gasteiger partial charge is 0.247 e. The van der Waals surface area contributed by atoms with Gasteiger partial charge in [0.2, 0.25) is 10.0 Å². The monoisotopic (exact) mass is 341 g/mol. The molecule has 130 valence electrons. The number of aryl methyl sites for hydroxylation is 1. The van der Waals surface area contributed by atoms with Crippen molar-refractivity contribution in [2.24, 2.45) is 0 Å². The third-order valence-electron chi connectivity index (χ3n) is 4.17. The SMILES string of the molecule is CCOc1cc(S(=O)(=O)N2CCCCC2C)c(OCC)cc1C. The van der Waals surface area contributed by atoms with Crippen LogP contribution in [0.25, 0.3) is 0 Å². The topological polar surface area (TPSA) is 55.8 Å². The van der Waals surface area contributed by atoms with Gasteiger partial charge in [0.05, 0.1) is 13.2 Å².